The second kappa shape index (κ2) is 6.00. The maximum atomic E-state index is 4.40. The van der Waals surface area contributed by atoms with Crippen LogP contribution < -0.4 is 5.32 Å². The normalized spacial score (nSPS) is 13.2. The third kappa shape index (κ3) is 2.60. The quantitative estimate of drug-likeness (QED) is 0.861. The van der Waals surface area contributed by atoms with Crippen LogP contribution in [0.5, 0.6) is 0 Å². The summed E-state index contributed by atoms with van der Waals surface area (Å²) in [6.07, 6.45) is 6.59. The maximum absolute atomic E-state index is 4.40. The van der Waals surface area contributed by atoms with Crippen molar-refractivity contribution in [3.05, 3.63) is 42.0 Å². The molecule has 2 aromatic heterocycles. The van der Waals surface area contributed by atoms with Crippen LogP contribution in [0.1, 0.15) is 11.3 Å². The molecule has 3 rings (SSSR count). The minimum absolute atomic E-state index is 0. The summed E-state index contributed by atoms with van der Waals surface area (Å²) < 4.78 is 1.99. The molecule has 2 aromatic rings. The molecule has 92 valence electrons. The molecule has 1 aliphatic rings. The zero-order valence-electron chi connectivity index (χ0n) is 9.17. The van der Waals surface area contributed by atoms with E-state index >= 15 is 0 Å². The molecule has 0 bridgehead atoms. The Bertz CT molecular complexity index is 470. The minimum atomic E-state index is 0. The smallest absolute Gasteiger partial charge is 0.0832 e. The first-order valence-electron chi connectivity index (χ1n) is 5.12. The van der Waals surface area contributed by atoms with Gasteiger partial charge in [-0.3, -0.25) is 4.98 Å². The summed E-state index contributed by atoms with van der Waals surface area (Å²) in [7, 11) is 0. The highest BCUT2D eigenvalue weighted by Crippen LogP contribution is 2.16. The zero-order chi connectivity index (χ0) is 10.1. The Kier molecular flexibility index (Phi) is 4.93. The van der Waals surface area contributed by atoms with Gasteiger partial charge in [-0.15, -0.1) is 24.8 Å². The Balaban J connectivity index is 0.000000722. The van der Waals surface area contributed by atoms with Gasteiger partial charge in [0.2, 0.25) is 0 Å². The van der Waals surface area contributed by atoms with Gasteiger partial charge in [-0.1, -0.05) is 0 Å². The van der Waals surface area contributed by atoms with Gasteiger partial charge in [0, 0.05) is 31.3 Å². The van der Waals surface area contributed by atoms with Crippen LogP contribution in [-0.4, -0.2) is 21.3 Å². The fourth-order valence-corrected chi connectivity index (χ4v) is 1.95. The van der Waals surface area contributed by atoms with E-state index in [2.05, 4.69) is 15.4 Å². The predicted octanol–water partition coefficient (Wildman–Crippen LogP) is 1.76. The second-order valence-electron chi connectivity index (χ2n) is 3.67. The van der Waals surface area contributed by atoms with E-state index in [1.54, 1.807) is 6.20 Å². The number of pyridine rings is 1. The number of halogens is 2. The number of fused-ring (bicyclic) bond motifs is 1. The van der Waals surface area contributed by atoms with E-state index in [1.165, 1.54) is 11.3 Å². The monoisotopic (exact) mass is 272 g/mol. The van der Waals surface area contributed by atoms with Crippen LogP contribution in [0.2, 0.25) is 0 Å². The van der Waals surface area contributed by atoms with Gasteiger partial charge in [0.15, 0.2) is 0 Å². The van der Waals surface area contributed by atoms with Gasteiger partial charge in [-0.05, 0) is 12.1 Å². The topological polar surface area (TPSA) is 42.7 Å². The van der Waals surface area contributed by atoms with Crippen molar-refractivity contribution in [1.82, 2.24) is 20.1 Å². The number of rotatable bonds is 1. The van der Waals surface area contributed by atoms with Crippen molar-refractivity contribution in [3.8, 4) is 5.69 Å². The van der Waals surface area contributed by atoms with Crippen LogP contribution in [-0.2, 0) is 13.0 Å². The van der Waals surface area contributed by atoms with Gasteiger partial charge in [0.25, 0.3) is 0 Å². The van der Waals surface area contributed by atoms with Gasteiger partial charge >= 0.3 is 0 Å². The largest absolute Gasteiger partial charge is 0.312 e. The number of nitrogens with one attached hydrogen (secondary N) is 1. The summed E-state index contributed by atoms with van der Waals surface area (Å²) in [6.45, 7) is 1.95. The van der Waals surface area contributed by atoms with Crippen LogP contribution in [0.15, 0.2) is 30.7 Å². The highest BCUT2D eigenvalue weighted by atomic mass is 35.5. The van der Waals surface area contributed by atoms with E-state index in [0.717, 1.165) is 25.2 Å². The molecule has 1 N–H and O–H groups in total. The van der Waals surface area contributed by atoms with Crippen LogP contribution in [0.25, 0.3) is 5.69 Å². The van der Waals surface area contributed by atoms with Crippen molar-refractivity contribution in [1.29, 1.82) is 0 Å². The lowest BCUT2D eigenvalue weighted by molar-refractivity contribution is 0.622. The fraction of sp³-hybridized carbons (Fsp3) is 0.273. The number of aromatic nitrogens is 3. The molecule has 0 saturated carbocycles. The molecule has 0 amide bonds. The number of nitrogens with zero attached hydrogens (tertiary/aromatic N) is 3. The third-order valence-electron chi connectivity index (χ3n) is 2.70. The van der Waals surface area contributed by atoms with Crippen LogP contribution >= 0.6 is 24.8 Å². The molecule has 0 radical (unpaired) electrons. The molecule has 0 spiro atoms. The predicted molar refractivity (Wildman–Crippen MR) is 71.3 cm³/mol. The van der Waals surface area contributed by atoms with Gasteiger partial charge in [-0.25, -0.2) is 4.68 Å². The van der Waals surface area contributed by atoms with Crippen LogP contribution in [0, 0.1) is 0 Å². The Labute approximate surface area is 112 Å². The van der Waals surface area contributed by atoms with Crippen molar-refractivity contribution >= 4 is 24.8 Å². The summed E-state index contributed by atoms with van der Waals surface area (Å²) in [5.74, 6) is 0. The molecular weight excluding hydrogens is 259 g/mol. The molecule has 0 saturated heterocycles. The van der Waals surface area contributed by atoms with Crippen molar-refractivity contribution in [2.75, 3.05) is 6.54 Å². The Morgan fingerprint density at radius 2 is 2.12 bits per heavy atom. The summed E-state index contributed by atoms with van der Waals surface area (Å²) >= 11 is 0. The molecule has 6 heteroatoms. The number of hydrogen-bond donors (Lipinski definition) is 1. The molecule has 0 fully saturated rings. The number of hydrogen-bond acceptors (Lipinski definition) is 3. The molecule has 0 atom stereocenters. The molecule has 1 aliphatic heterocycles. The van der Waals surface area contributed by atoms with Crippen molar-refractivity contribution in [2.45, 2.75) is 13.0 Å². The third-order valence-corrected chi connectivity index (χ3v) is 2.70. The van der Waals surface area contributed by atoms with E-state index in [9.17, 15) is 0 Å². The second-order valence-corrected chi connectivity index (χ2v) is 3.67. The van der Waals surface area contributed by atoms with E-state index in [0.29, 0.717) is 0 Å². The standard InChI is InChI=1S/C11H12N4.2ClH/c1-2-10(8-12-4-1)15-11-3-5-13-6-9(11)7-14-15;;/h1-2,4,7-8,13H,3,5-6H2;2*1H. The Hall–Kier alpha value is -1.10. The van der Waals surface area contributed by atoms with E-state index in [-0.39, 0.29) is 24.8 Å². The van der Waals surface area contributed by atoms with Crippen molar-refractivity contribution in [3.63, 3.8) is 0 Å². The first-order chi connectivity index (χ1) is 7.45. The van der Waals surface area contributed by atoms with Crippen molar-refractivity contribution < 1.29 is 0 Å². The van der Waals surface area contributed by atoms with Gasteiger partial charge in [-0.2, -0.15) is 5.10 Å². The van der Waals surface area contributed by atoms with Gasteiger partial charge in [0.1, 0.15) is 0 Å². The highest BCUT2D eigenvalue weighted by Gasteiger charge is 2.15. The average molecular weight is 273 g/mol. The molecule has 0 aliphatic carbocycles. The first kappa shape index (κ1) is 14.0. The average Bonchev–Trinajstić information content (AvgIpc) is 2.74. The summed E-state index contributed by atoms with van der Waals surface area (Å²) in [4.78, 5) is 4.11. The highest BCUT2D eigenvalue weighted by molar-refractivity contribution is 5.85. The lowest BCUT2D eigenvalue weighted by Crippen LogP contribution is -2.24. The van der Waals surface area contributed by atoms with E-state index < -0.39 is 0 Å². The van der Waals surface area contributed by atoms with Crippen LogP contribution in [0.3, 0.4) is 0 Å². The summed E-state index contributed by atoms with van der Waals surface area (Å²) in [5, 5.41) is 7.74. The SMILES string of the molecule is Cl.Cl.c1cncc(-n2ncc3c2CCNC3)c1. The first-order valence-corrected chi connectivity index (χ1v) is 5.12. The molecule has 0 unspecified atom stereocenters. The zero-order valence-corrected chi connectivity index (χ0v) is 10.8. The molecule has 0 aromatic carbocycles. The van der Waals surface area contributed by atoms with Gasteiger partial charge < -0.3 is 5.32 Å². The molecular formula is C11H14Cl2N4. The maximum Gasteiger partial charge on any atom is 0.0832 e. The Morgan fingerprint density at radius 1 is 1.24 bits per heavy atom. The molecule has 17 heavy (non-hydrogen) atoms. The lowest BCUT2D eigenvalue weighted by Gasteiger charge is -2.14. The Morgan fingerprint density at radius 3 is 2.88 bits per heavy atom. The summed E-state index contributed by atoms with van der Waals surface area (Å²) in [5.41, 5.74) is 3.65. The lowest BCUT2D eigenvalue weighted by atomic mass is 10.1. The fourth-order valence-electron chi connectivity index (χ4n) is 1.95. The molecule has 4 nitrogen and oxygen atoms in total. The van der Waals surface area contributed by atoms with Gasteiger partial charge in [0.05, 0.1) is 23.8 Å². The molecule has 3 heterocycles. The van der Waals surface area contributed by atoms with Crippen LogP contribution in [0.4, 0.5) is 0 Å². The van der Waals surface area contributed by atoms with E-state index in [4.69, 9.17) is 0 Å². The van der Waals surface area contributed by atoms with Crippen molar-refractivity contribution in [2.24, 2.45) is 0 Å². The van der Waals surface area contributed by atoms with E-state index in [1.807, 2.05) is 29.2 Å². The summed E-state index contributed by atoms with van der Waals surface area (Å²) in [6, 6.07) is 3.97. The minimum Gasteiger partial charge on any atom is -0.312 e.